The smallest absolute Gasteiger partial charge is 0.0588 e. The Hall–Kier alpha value is -0.900. The Balaban J connectivity index is 2.28. The maximum atomic E-state index is 4.60. The molecule has 0 bridgehead atoms. The van der Waals surface area contributed by atoms with Crippen LogP contribution in [0, 0.1) is 0 Å². The Morgan fingerprint density at radius 3 is 2.64 bits per heavy atom. The van der Waals surface area contributed by atoms with E-state index in [0.717, 1.165) is 6.54 Å². The minimum Gasteiger partial charge on any atom is -0.290 e. The Morgan fingerprint density at radius 2 is 2.00 bits per heavy atom. The third kappa shape index (κ3) is 3.13. The fourth-order valence-corrected chi connectivity index (χ4v) is 0.806. The summed E-state index contributed by atoms with van der Waals surface area (Å²) in [4.78, 5) is 4.60. The van der Waals surface area contributed by atoms with Gasteiger partial charge in [-0.2, -0.15) is 0 Å². The van der Waals surface area contributed by atoms with Gasteiger partial charge < -0.3 is 0 Å². The monoisotopic (exact) mass is 152 g/mol. The van der Waals surface area contributed by atoms with Crippen molar-refractivity contribution < 1.29 is 4.84 Å². The molecule has 0 amide bonds. The number of rotatable bonds is 4. The molecule has 0 radical (unpaired) electrons. The van der Waals surface area contributed by atoms with Gasteiger partial charge in [-0.3, -0.25) is 4.84 Å². The molecule has 0 aliphatic carbocycles. The minimum absolute atomic E-state index is 0.759. The number of nitrogens with one attached hydrogen (secondary N) is 2. The molecule has 60 valence electrons. The van der Waals surface area contributed by atoms with Gasteiger partial charge in [0.05, 0.1) is 7.11 Å². The zero-order valence-electron chi connectivity index (χ0n) is 6.50. The Labute approximate surface area is 66.3 Å². The lowest BCUT2D eigenvalue weighted by atomic mass is 10.2. The van der Waals surface area contributed by atoms with E-state index in [0.29, 0.717) is 0 Å². The highest BCUT2D eigenvalue weighted by Gasteiger charge is 1.87. The van der Waals surface area contributed by atoms with E-state index in [9.17, 15) is 0 Å². The molecule has 11 heavy (non-hydrogen) atoms. The van der Waals surface area contributed by atoms with Gasteiger partial charge in [-0.1, -0.05) is 30.3 Å². The van der Waals surface area contributed by atoms with Gasteiger partial charge in [0.1, 0.15) is 0 Å². The molecule has 0 atom stereocenters. The van der Waals surface area contributed by atoms with Crippen LogP contribution in [-0.4, -0.2) is 7.11 Å². The second kappa shape index (κ2) is 4.85. The van der Waals surface area contributed by atoms with Crippen molar-refractivity contribution in [2.24, 2.45) is 0 Å². The maximum Gasteiger partial charge on any atom is 0.0588 e. The van der Waals surface area contributed by atoms with E-state index in [2.05, 4.69) is 15.9 Å². The molecule has 0 unspecified atom stereocenters. The highest BCUT2D eigenvalue weighted by molar-refractivity contribution is 5.13. The van der Waals surface area contributed by atoms with Crippen LogP contribution in [0.1, 0.15) is 5.56 Å². The summed E-state index contributed by atoms with van der Waals surface area (Å²) >= 11 is 0. The lowest BCUT2D eigenvalue weighted by molar-refractivity contribution is 0.0537. The van der Waals surface area contributed by atoms with E-state index in [1.165, 1.54) is 5.56 Å². The van der Waals surface area contributed by atoms with Gasteiger partial charge in [0.2, 0.25) is 0 Å². The van der Waals surface area contributed by atoms with Crippen molar-refractivity contribution in [1.29, 1.82) is 0 Å². The number of hydrazine groups is 1. The van der Waals surface area contributed by atoms with Crippen molar-refractivity contribution in [2.45, 2.75) is 6.54 Å². The Morgan fingerprint density at radius 1 is 1.27 bits per heavy atom. The second-order valence-corrected chi connectivity index (χ2v) is 2.15. The van der Waals surface area contributed by atoms with Crippen LogP contribution in [0.15, 0.2) is 30.3 Å². The van der Waals surface area contributed by atoms with Gasteiger partial charge in [0.15, 0.2) is 0 Å². The molecule has 0 saturated heterocycles. The normalized spacial score (nSPS) is 9.91. The maximum absolute atomic E-state index is 4.60. The molecule has 3 nitrogen and oxygen atoms in total. The average Bonchev–Trinajstić information content (AvgIpc) is 2.07. The predicted octanol–water partition coefficient (Wildman–Crippen LogP) is 0.842. The van der Waals surface area contributed by atoms with E-state index >= 15 is 0 Å². The van der Waals surface area contributed by atoms with Crippen LogP contribution in [0.2, 0.25) is 0 Å². The molecule has 0 fully saturated rings. The largest absolute Gasteiger partial charge is 0.290 e. The zero-order chi connectivity index (χ0) is 7.94. The first-order valence-electron chi connectivity index (χ1n) is 3.48. The van der Waals surface area contributed by atoms with Gasteiger partial charge in [-0.25, -0.2) is 5.43 Å². The van der Waals surface area contributed by atoms with Crippen molar-refractivity contribution in [3.05, 3.63) is 35.9 Å². The van der Waals surface area contributed by atoms with Crippen molar-refractivity contribution in [3.63, 3.8) is 0 Å². The summed E-state index contributed by atoms with van der Waals surface area (Å²) in [5.41, 5.74) is 6.65. The molecule has 0 aliphatic heterocycles. The first-order valence-corrected chi connectivity index (χ1v) is 3.48. The third-order valence-electron chi connectivity index (χ3n) is 1.31. The molecule has 0 saturated carbocycles. The predicted molar refractivity (Wildman–Crippen MR) is 43.4 cm³/mol. The molecule has 0 spiro atoms. The molecule has 0 aliphatic rings. The van der Waals surface area contributed by atoms with Crippen molar-refractivity contribution in [2.75, 3.05) is 7.11 Å². The van der Waals surface area contributed by atoms with Crippen LogP contribution in [-0.2, 0) is 11.4 Å². The van der Waals surface area contributed by atoms with Crippen LogP contribution in [0.3, 0.4) is 0 Å². The van der Waals surface area contributed by atoms with E-state index in [-0.39, 0.29) is 0 Å². The summed E-state index contributed by atoms with van der Waals surface area (Å²) < 4.78 is 0. The zero-order valence-corrected chi connectivity index (χ0v) is 6.50. The van der Waals surface area contributed by atoms with Crippen LogP contribution in [0.25, 0.3) is 0 Å². The van der Waals surface area contributed by atoms with Crippen molar-refractivity contribution in [1.82, 2.24) is 11.0 Å². The summed E-state index contributed by atoms with van der Waals surface area (Å²) in [7, 11) is 1.57. The summed E-state index contributed by atoms with van der Waals surface area (Å²) in [6.07, 6.45) is 0. The molecule has 3 heteroatoms. The summed E-state index contributed by atoms with van der Waals surface area (Å²) in [5, 5.41) is 0. The van der Waals surface area contributed by atoms with E-state index in [1.54, 1.807) is 7.11 Å². The molecular formula is C8H12N2O. The summed E-state index contributed by atoms with van der Waals surface area (Å²) in [6, 6.07) is 10.1. The molecule has 1 aromatic rings. The molecule has 0 heterocycles. The fraction of sp³-hybridized carbons (Fsp3) is 0.250. The Bertz CT molecular complexity index is 189. The molecule has 2 N–H and O–H groups in total. The lowest BCUT2D eigenvalue weighted by Crippen LogP contribution is -2.29. The highest BCUT2D eigenvalue weighted by atomic mass is 16.7. The lowest BCUT2D eigenvalue weighted by Gasteiger charge is -2.03. The molecule has 1 aromatic carbocycles. The van der Waals surface area contributed by atoms with Crippen LogP contribution >= 0.6 is 0 Å². The van der Waals surface area contributed by atoms with Crippen LogP contribution in [0.5, 0.6) is 0 Å². The Kier molecular flexibility index (Phi) is 3.61. The fourth-order valence-electron chi connectivity index (χ4n) is 0.806. The quantitative estimate of drug-likeness (QED) is 0.495. The average molecular weight is 152 g/mol. The number of benzene rings is 1. The third-order valence-corrected chi connectivity index (χ3v) is 1.31. The molecule has 1 rings (SSSR count). The van der Waals surface area contributed by atoms with Gasteiger partial charge in [-0.15, -0.1) is 5.59 Å². The van der Waals surface area contributed by atoms with E-state index in [1.807, 2.05) is 30.3 Å². The number of hydrogen-bond donors (Lipinski definition) is 2. The van der Waals surface area contributed by atoms with Crippen LogP contribution in [0.4, 0.5) is 0 Å². The second-order valence-electron chi connectivity index (χ2n) is 2.15. The number of hydrogen-bond acceptors (Lipinski definition) is 3. The SMILES string of the molecule is CONNCc1ccccc1. The summed E-state index contributed by atoms with van der Waals surface area (Å²) in [5.74, 6) is 0. The summed E-state index contributed by atoms with van der Waals surface area (Å²) in [6.45, 7) is 0.759. The first-order chi connectivity index (χ1) is 5.43. The van der Waals surface area contributed by atoms with Crippen molar-refractivity contribution >= 4 is 0 Å². The minimum atomic E-state index is 0.759. The molecular weight excluding hydrogens is 140 g/mol. The standard InChI is InChI=1S/C8H12N2O/c1-11-10-9-7-8-5-3-2-4-6-8/h2-6,9-10H,7H2,1H3. The van der Waals surface area contributed by atoms with Crippen LogP contribution < -0.4 is 11.0 Å². The highest BCUT2D eigenvalue weighted by Crippen LogP contribution is 1.95. The molecule has 0 aromatic heterocycles. The van der Waals surface area contributed by atoms with E-state index < -0.39 is 0 Å². The van der Waals surface area contributed by atoms with Gasteiger partial charge in [0.25, 0.3) is 0 Å². The van der Waals surface area contributed by atoms with Gasteiger partial charge >= 0.3 is 0 Å². The van der Waals surface area contributed by atoms with Gasteiger partial charge in [0, 0.05) is 6.54 Å². The van der Waals surface area contributed by atoms with E-state index in [4.69, 9.17) is 0 Å². The van der Waals surface area contributed by atoms with Gasteiger partial charge in [-0.05, 0) is 5.56 Å². The first kappa shape index (κ1) is 8.20. The topological polar surface area (TPSA) is 33.3 Å². The van der Waals surface area contributed by atoms with Crippen molar-refractivity contribution in [3.8, 4) is 0 Å².